The molecule has 0 fully saturated rings. The van der Waals surface area contributed by atoms with Crippen molar-refractivity contribution < 1.29 is 4.79 Å². The van der Waals surface area contributed by atoms with Crippen LogP contribution < -0.4 is 5.32 Å². The molecule has 22 heavy (non-hydrogen) atoms. The predicted octanol–water partition coefficient (Wildman–Crippen LogP) is 4.04. The number of amides is 1. The number of hydrogen-bond acceptors (Lipinski definition) is 4. The van der Waals surface area contributed by atoms with Crippen LogP contribution in [0.15, 0.2) is 18.2 Å². The fourth-order valence-electron chi connectivity index (χ4n) is 2.26. The fraction of sp³-hybridized carbons (Fsp3) is 0.267. The number of rotatable bonds is 3. The van der Waals surface area contributed by atoms with Crippen LogP contribution in [0.25, 0.3) is 10.2 Å². The second kappa shape index (κ2) is 5.70. The number of thiazole rings is 1. The van der Waals surface area contributed by atoms with Gasteiger partial charge in [-0.05, 0) is 44.5 Å². The van der Waals surface area contributed by atoms with Crippen molar-refractivity contribution >= 4 is 44.2 Å². The van der Waals surface area contributed by atoms with Crippen LogP contribution in [0.1, 0.15) is 28.7 Å². The van der Waals surface area contributed by atoms with Gasteiger partial charge in [0.15, 0.2) is 10.8 Å². The third-order valence-corrected chi connectivity index (χ3v) is 4.83. The molecule has 0 saturated carbocycles. The number of aryl methyl sites for hydroxylation is 3. The zero-order valence-corrected chi connectivity index (χ0v) is 14.0. The summed E-state index contributed by atoms with van der Waals surface area (Å²) >= 11 is 7.52. The van der Waals surface area contributed by atoms with Crippen LogP contribution in [-0.2, 0) is 6.54 Å². The molecule has 5 nitrogen and oxygen atoms in total. The molecule has 2 aromatic heterocycles. The van der Waals surface area contributed by atoms with Crippen LogP contribution in [0.4, 0.5) is 5.13 Å². The highest BCUT2D eigenvalue weighted by atomic mass is 35.5. The number of halogens is 1. The van der Waals surface area contributed by atoms with Crippen LogP contribution in [0.2, 0.25) is 5.02 Å². The summed E-state index contributed by atoms with van der Waals surface area (Å²) in [6.07, 6.45) is 0. The summed E-state index contributed by atoms with van der Waals surface area (Å²) in [5.41, 5.74) is 3.10. The van der Waals surface area contributed by atoms with Crippen LogP contribution in [0.5, 0.6) is 0 Å². The SMILES string of the molecule is CCn1nc(C(=O)Nc2nc3c(C)c(Cl)ccc3s2)cc1C. The standard InChI is InChI=1S/C15H15ClN4OS/c1-4-20-8(2)7-11(19-20)14(21)18-15-17-13-9(3)10(16)5-6-12(13)22-15/h5-7H,4H2,1-3H3,(H,17,18,21). The molecule has 7 heteroatoms. The van der Waals surface area contributed by atoms with E-state index < -0.39 is 0 Å². The van der Waals surface area contributed by atoms with Gasteiger partial charge in [0.05, 0.1) is 10.2 Å². The molecule has 0 atom stereocenters. The van der Waals surface area contributed by atoms with Crippen molar-refractivity contribution in [3.05, 3.63) is 40.2 Å². The zero-order chi connectivity index (χ0) is 15.9. The van der Waals surface area contributed by atoms with Gasteiger partial charge in [-0.2, -0.15) is 5.10 Å². The van der Waals surface area contributed by atoms with Crippen molar-refractivity contribution in [3.63, 3.8) is 0 Å². The van der Waals surface area contributed by atoms with E-state index in [4.69, 9.17) is 11.6 Å². The van der Waals surface area contributed by atoms with Gasteiger partial charge in [0.1, 0.15) is 0 Å². The number of nitrogens with one attached hydrogen (secondary N) is 1. The Morgan fingerprint density at radius 1 is 1.41 bits per heavy atom. The van der Waals surface area contributed by atoms with Crippen molar-refractivity contribution in [2.45, 2.75) is 27.3 Å². The first-order chi connectivity index (χ1) is 10.5. The Bertz CT molecular complexity index is 868. The fourth-order valence-corrected chi connectivity index (χ4v) is 3.33. The lowest BCUT2D eigenvalue weighted by Crippen LogP contribution is -2.13. The second-order valence-corrected chi connectivity index (χ2v) is 6.42. The molecule has 1 amide bonds. The summed E-state index contributed by atoms with van der Waals surface area (Å²) in [6.45, 7) is 6.57. The second-order valence-electron chi connectivity index (χ2n) is 4.98. The van der Waals surface area contributed by atoms with E-state index in [0.29, 0.717) is 15.8 Å². The lowest BCUT2D eigenvalue weighted by atomic mass is 10.2. The summed E-state index contributed by atoms with van der Waals surface area (Å²) in [7, 11) is 0. The zero-order valence-electron chi connectivity index (χ0n) is 12.5. The third-order valence-electron chi connectivity index (χ3n) is 3.48. The molecular formula is C15H15ClN4OS. The minimum absolute atomic E-state index is 0.252. The Kier molecular flexibility index (Phi) is 3.88. The average Bonchev–Trinajstić information content (AvgIpc) is 3.06. The quantitative estimate of drug-likeness (QED) is 0.786. The largest absolute Gasteiger partial charge is 0.296 e. The summed E-state index contributed by atoms with van der Waals surface area (Å²) in [5, 5.41) is 8.30. The monoisotopic (exact) mass is 334 g/mol. The maximum atomic E-state index is 12.3. The number of benzene rings is 1. The van der Waals surface area contributed by atoms with Crippen molar-refractivity contribution in [2.75, 3.05) is 5.32 Å². The van der Waals surface area contributed by atoms with E-state index in [-0.39, 0.29) is 5.91 Å². The molecule has 0 bridgehead atoms. The average molecular weight is 335 g/mol. The maximum absolute atomic E-state index is 12.3. The summed E-state index contributed by atoms with van der Waals surface area (Å²) in [4.78, 5) is 16.7. The number of fused-ring (bicyclic) bond motifs is 1. The van der Waals surface area contributed by atoms with Gasteiger partial charge < -0.3 is 0 Å². The Morgan fingerprint density at radius 3 is 2.86 bits per heavy atom. The van der Waals surface area contributed by atoms with E-state index >= 15 is 0 Å². The van der Waals surface area contributed by atoms with Gasteiger partial charge in [0.25, 0.3) is 5.91 Å². The van der Waals surface area contributed by atoms with Gasteiger partial charge >= 0.3 is 0 Å². The molecule has 2 heterocycles. The highest BCUT2D eigenvalue weighted by Gasteiger charge is 2.15. The summed E-state index contributed by atoms with van der Waals surface area (Å²) < 4.78 is 2.78. The molecule has 0 saturated heterocycles. The number of aromatic nitrogens is 3. The van der Waals surface area contributed by atoms with Crippen molar-refractivity contribution in [1.29, 1.82) is 0 Å². The first-order valence-corrected chi connectivity index (χ1v) is 8.10. The van der Waals surface area contributed by atoms with Gasteiger partial charge in [0.2, 0.25) is 0 Å². The van der Waals surface area contributed by atoms with Crippen LogP contribution in [0, 0.1) is 13.8 Å². The number of carbonyl (C=O) groups is 1. The molecule has 0 radical (unpaired) electrons. The van der Waals surface area contributed by atoms with Gasteiger partial charge in [-0.1, -0.05) is 22.9 Å². The number of carbonyl (C=O) groups excluding carboxylic acids is 1. The van der Waals surface area contributed by atoms with E-state index in [1.165, 1.54) is 11.3 Å². The van der Waals surface area contributed by atoms with E-state index in [9.17, 15) is 4.79 Å². The molecule has 0 spiro atoms. The third kappa shape index (κ3) is 2.60. The molecule has 0 aliphatic heterocycles. The van der Waals surface area contributed by atoms with E-state index in [1.807, 2.05) is 32.9 Å². The van der Waals surface area contributed by atoms with E-state index in [1.54, 1.807) is 10.7 Å². The Labute approximate surface area is 136 Å². The van der Waals surface area contributed by atoms with E-state index in [0.717, 1.165) is 28.0 Å². The minimum Gasteiger partial charge on any atom is -0.296 e. The Balaban J connectivity index is 1.89. The maximum Gasteiger partial charge on any atom is 0.277 e. The minimum atomic E-state index is -0.252. The predicted molar refractivity (Wildman–Crippen MR) is 90.0 cm³/mol. The highest BCUT2D eigenvalue weighted by Crippen LogP contribution is 2.31. The first-order valence-electron chi connectivity index (χ1n) is 6.91. The molecule has 1 aromatic carbocycles. The summed E-state index contributed by atoms with van der Waals surface area (Å²) in [5.74, 6) is -0.252. The molecule has 3 aromatic rings. The lowest BCUT2D eigenvalue weighted by Gasteiger charge is -1.98. The highest BCUT2D eigenvalue weighted by molar-refractivity contribution is 7.22. The van der Waals surface area contributed by atoms with Crippen molar-refractivity contribution in [2.24, 2.45) is 0 Å². The smallest absolute Gasteiger partial charge is 0.277 e. The van der Waals surface area contributed by atoms with Crippen LogP contribution in [-0.4, -0.2) is 20.7 Å². The number of anilines is 1. The number of nitrogens with zero attached hydrogens (tertiary/aromatic N) is 3. The normalized spacial score (nSPS) is 11.1. The molecule has 0 aliphatic carbocycles. The van der Waals surface area contributed by atoms with Gasteiger partial charge in [-0.25, -0.2) is 4.98 Å². The Morgan fingerprint density at radius 2 is 2.18 bits per heavy atom. The number of hydrogen-bond donors (Lipinski definition) is 1. The molecule has 1 N–H and O–H groups in total. The van der Waals surface area contributed by atoms with Gasteiger partial charge in [0, 0.05) is 17.3 Å². The molecular weight excluding hydrogens is 320 g/mol. The van der Waals surface area contributed by atoms with Crippen LogP contribution >= 0.6 is 22.9 Å². The first kappa shape index (κ1) is 15.0. The lowest BCUT2D eigenvalue weighted by molar-refractivity contribution is 0.102. The van der Waals surface area contributed by atoms with Crippen molar-refractivity contribution in [3.8, 4) is 0 Å². The van der Waals surface area contributed by atoms with Crippen molar-refractivity contribution in [1.82, 2.24) is 14.8 Å². The molecule has 114 valence electrons. The molecule has 0 aliphatic rings. The van der Waals surface area contributed by atoms with Crippen LogP contribution in [0.3, 0.4) is 0 Å². The molecule has 3 rings (SSSR count). The van der Waals surface area contributed by atoms with E-state index in [2.05, 4.69) is 15.4 Å². The van der Waals surface area contributed by atoms with Gasteiger partial charge in [-0.3, -0.25) is 14.8 Å². The van der Waals surface area contributed by atoms with Gasteiger partial charge in [-0.15, -0.1) is 0 Å². The Hall–Kier alpha value is -1.92. The summed E-state index contributed by atoms with van der Waals surface area (Å²) in [6, 6.07) is 5.53. The topological polar surface area (TPSA) is 59.8 Å². The molecule has 0 unspecified atom stereocenters.